The lowest BCUT2D eigenvalue weighted by atomic mass is 10.0. The summed E-state index contributed by atoms with van der Waals surface area (Å²) in [7, 11) is 0. The molecule has 1 aliphatic rings. The van der Waals surface area contributed by atoms with Crippen molar-refractivity contribution in [2.45, 2.75) is 53.2 Å². The van der Waals surface area contributed by atoms with Crippen LogP contribution in [-0.2, 0) is 13.0 Å². The first-order valence-corrected chi connectivity index (χ1v) is 7.97. The summed E-state index contributed by atoms with van der Waals surface area (Å²) in [5.74, 6) is 1.42. The van der Waals surface area contributed by atoms with E-state index >= 15 is 0 Å². The Morgan fingerprint density at radius 2 is 1.83 bits per heavy atom. The Morgan fingerprint density at radius 1 is 1.13 bits per heavy atom. The van der Waals surface area contributed by atoms with E-state index in [0.717, 1.165) is 40.2 Å². The molecule has 0 saturated heterocycles. The van der Waals surface area contributed by atoms with Gasteiger partial charge in [-0.15, -0.1) is 0 Å². The summed E-state index contributed by atoms with van der Waals surface area (Å²) in [4.78, 5) is 0. The second-order valence-electron chi connectivity index (χ2n) is 7.03. The van der Waals surface area contributed by atoms with Crippen LogP contribution in [0, 0.1) is 26.6 Å². The molecule has 23 heavy (non-hydrogen) atoms. The zero-order valence-electron chi connectivity index (χ0n) is 14.4. The van der Waals surface area contributed by atoms with Gasteiger partial charge in [0.05, 0.1) is 0 Å². The summed E-state index contributed by atoms with van der Waals surface area (Å²) in [6, 6.07) is 7.22. The molecule has 0 aliphatic carbocycles. The first-order valence-electron chi connectivity index (χ1n) is 7.97. The van der Waals surface area contributed by atoms with Gasteiger partial charge in [0, 0.05) is 17.5 Å². The van der Waals surface area contributed by atoms with Crippen LogP contribution in [0.4, 0.5) is 4.39 Å². The zero-order valence-corrected chi connectivity index (χ0v) is 14.4. The molecule has 1 aliphatic heterocycles. The molecule has 0 fully saturated rings. The predicted molar refractivity (Wildman–Crippen MR) is 89.8 cm³/mol. The van der Waals surface area contributed by atoms with Crippen LogP contribution in [-0.4, -0.2) is 5.60 Å². The average Bonchev–Trinajstić information content (AvgIpc) is 2.77. The normalized spacial score (nSPS) is 15.2. The summed E-state index contributed by atoms with van der Waals surface area (Å²) in [5.41, 5.74) is 4.80. The second-order valence-corrected chi connectivity index (χ2v) is 7.03. The van der Waals surface area contributed by atoms with Crippen LogP contribution in [0.3, 0.4) is 0 Å². The minimum Gasteiger partial charge on any atom is -0.488 e. The zero-order chi connectivity index (χ0) is 16.8. The molecule has 0 saturated carbocycles. The molecule has 122 valence electrons. The SMILES string of the molecule is Cc1ccc(C)c(OCc2cc(F)cc3c2OC(C)(C)C3)c1C. The lowest BCUT2D eigenvalue weighted by molar-refractivity contribution is 0.135. The van der Waals surface area contributed by atoms with Gasteiger partial charge in [0.15, 0.2) is 0 Å². The number of hydrogen-bond donors (Lipinski definition) is 0. The van der Waals surface area contributed by atoms with Gasteiger partial charge in [0.25, 0.3) is 0 Å². The lowest BCUT2D eigenvalue weighted by Crippen LogP contribution is -2.25. The standard InChI is InChI=1S/C20H23FO2/c1-12-6-7-13(2)18(14(12)3)22-11-16-9-17(21)8-15-10-20(4,5)23-19(15)16/h6-9H,10-11H2,1-5H3. The molecule has 0 unspecified atom stereocenters. The minimum absolute atomic E-state index is 0.235. The number of fused-ring (bicyclic) bond motifs is 1. The fourth-order valence-corrected chi connectivity index (χ4v) is 3.15. The molecule has 0 N–H and O–H groups in total. The number of benzene rings is 2. The quantitative estimate of drug-likeness (QED) is 0.790. The van der Waals surface area contributed by atoms with Gasteiger partial charge in [-0.3, -0.25) is 0 Å². The monoisotopic (exact) mass is 314 g/mol. The molecule has 2 aromatic rings. The maximum Gasteiger partial charge on any atom is 0.130 e. The van der Waals surface area contributed by atoms with Crippen LogP contribution in [0.25, 0.3) is 0 Å². The van der Waals surface area contributed by atoms with Crippen molar-refractivity contribution in [1.29, 1.82) is 0 Å². The highest BCUT2D eigenvalue weighted by Gasteiger charge is 2.32. The van der Waals surface area contributed by atoms with Crippen LogP contribution in [0.2, 0.25) is 0 Å². The van der Waals surface area contributed by atoms with Crippen molar-refractivity contribution < 1.29 is 13.9 Å². The summed E-state index contributed by atoms with van der Waals surface area (Å²) in [6.45, 7) is 10.5. The van der Waals surface area contributed by atoms with E-state index in [1.807, 2.05) is 33.8 Å². The number of rotatable bonds is 3. The van der Waals surface area contributed by atoms with Crippen molar-refractivity contribution in [3.8, 4) is 11.5 Å². The third kappa shape index (κ3) is 3.05. The van der Waals surface area contributed by atoms with Gasteiger partial charge in [-0.25, -0.2) is 4.39 Å². The molecule has 0 atom stereocenters. The van der Waals surface area contributed by atoms with E-state index in [1.165, 1.54) is 11.6 Å². The highest BCUT2D eigenvalue weighted by Crippen LogP contribution is 2.39. The Morgan fingerprint density at radius 3 is 2.57 bits per heavy atom. The van der Waals surface area contributed by atoms with E-state index in [4.69, 9.17) is 9.47 Å². The van der Waals surface area contributed by atoms with Gasteiger partial charge in [0.2, 0.25) is 0 Å². The average molecular weight is 314 g/mol. The molecular weight excluding hydrogens is 291 g/mol. The lowest BCUT2D eigenvalue weighted by Gasteiger charge is -2.19. The largest absolute Gasteiger partial charge is 0.488 e. The first kappa shape index (κ1) is 15.9. The number of aryl methyl sites for hydroxylation is 2. The Kier molecular flexibility index (Phi) is 3.83. The second kappa shape index (κ2) is 5.55. The Balaban J connectivity index is 1.90. The van der Waals surface area contributed by atoms with Gasteiger partial charge in [0.1, 0.15) is 29.5 Å². The fraction of sp³-hybridized carbons (Fsp3) is 0.400. The van der Waals surface area contributed by atoms with Crippen molar-refractivity contribution in [3.05, 3.63) is 57.9 Å². The Hall–Kier alpha value is -2.03. The van der Waals surface area contributed by atoms with Gasteiger partial charge < -0.3 is 9.47 Å². The molecule has 0 radical (unpaired) electrons. The molecule has 2 nitrogen and oxygen atoms in total. The van der Waals surface area contributed by atoms with Crippen molar-refractivity contribution >= 4 is 0 Å². The van der Waals surface area contributed by atoms with Crippen molar-refractivity contribution in [1.82, 2.24) is 0 Å². The molecule has 0 aromatic heterocycles. The number of ether oxygens (including phenoxy) is 2. The van der Waals surface area contributed by atoms with Crippen LogP contribution in [0.15, 0.2) is 24.3 Å². The summed E-state index contributed by atoms with van der Waals surface area (Å²) in [6.07, 6.45) is 0.718. The molecule has 0 bridgehead atoms. The van der Waals surface area contributed by atoms with Crippen LogP contribution >= 0.6 is 0 Å². The smallest absolute Gasteiger partial charge is 0.130 e. The van der Waals surface area contributed by atoms with Gasteiger partial charge in [-0.2, -0.15) is 0 Å². The van der Waals surface area contributed by atoms with E-state index in [0.29, 0.717) is 6.61 Å². The molecule has 0 spiro atoms. The van der Waals surface area contributed by atoms with Crippen LogP contribution < -0.4 is 9.47 Å². The summed E-state index contributed by atoms with van der Waals surface area (Å²) < 4.78 is 26.0. The summed E-state index contributed by atoms with van der Waals surface area (Å²) in [5, 5.41) is 0. The van der Waals surface area contributed by atoms with Crippen LogP contribution in [0.5, 0.6) is 11.5 Å². The highest BCUT2D eigenvalue weighted by atomic mass is 19.1. The van der Waals surface area contributed by atoms with E-state index in [9.17, 15) is 4.39 Å². The first-order chi connectivity index (χ1) is 10.8. The maximum absolute atomic E-state index is 13.9. The third-order valence-corrected chi connectivity index (χ3v) is 4.45. The Bertz CT molecular complexity index is 763. The molecule has 2 aromatic carbocycles. The predicted octanol–water partition coefficient (Wildman–Crippen LogP) is 5.04. The number of hydrogen-bond acceptors (Lipinski definition) is 2. The molecule has 3 heteroatoms. The van der Waals surface area contributed by atoms with Crippen molar-refractivity contribution in [2.24, 2.45) is 0 Å². The summed E-state index contributed by atoms with van der Waals surface area (Å²) >= 11 is 0. The third-order valence-electron chi connectivity index (χ3n) is 4.45. The Labute approximate surface area is 137 Å². The maximum atomic E-state index is 13.9. The molecule has 3 rings (SSSR count). The highest BCUT2D eigenvalue weighted by molar-refractivity contribution is 5.48. The topological polar surface area (TPSA) is 18.5 Å². The molecule has 1 heterocycles. The minimum atomic E-state index is -0.292. The fourth-order valence-electron chi connectivity index (χ4n) is 3.15. The van der Waals surface area contributed by atoms with Gasteiger partial charge in [-0.05, 0) is 63.4 Å². The molecule has 0 amide bonds. The van der Waals surface area contributed by atoms with Crippen LogP contribution in [0.1, 0.15) is 41.7 Å². The van der Waals surface area contributed by atoms with Crippen molar-refractivity contribution in [3.63, 3.8) is 0 Å². The van der Waals surface area contributed by atoms with E-state index in [1.54, 1.807) is 6.07 Å². The molecular formula is C20H23FO2. The van der Waals surface area contributed by atoms with Gasteiger partial charge in [-0.1, -0.05) is 12.1 Å². The van der Waals surface area contributed by atoms with E-state index < -0.39 is 0 Å². The van der Waals surface area contributed by atoms with Crippen molar-refractivity contribution in [2.75, 3.05) is 0 Å². The van der Waals surface area contributed by atoms with Gasteiger partial charge >= 0.3 is 0 Å². The number of halogens is 1. The van der Waals surface area contributed by atoms with E-state index in [-0.39, 0.29) is 11.4 Å². The van der Waals surface area contributed by atoms with E-state index in [2.05, 4.69) is 13.0 Å².